The Hall–Kier alpha value is -3.77. The first-order chi connectivity index (χ1) is 20.7. The number of benzene rings is 2. The van der Waals surface area contributed by atoms with E-state index in [2.05, 4.69) is 15.3 Å². The number of anilines is 4. The number of ether oxygens (including phenoxy) is 3. The highest BCUT2D eigenvalue weighted by Crippen LogP contribution is 2.49. The quantitative estimate of drug-likeness (QED) is 0.317. The number of hydrogen-bond donors (Lipinski definition) is 1. The summed E-state index contributed by atoms with van der Waals surface area (Å²) in [5.74, 6) is 1.85. The largest absolute Gasteiger partial charge is 0.486 e. The molecule has 0 aliphatic carbocycles. The van der Waals surface area contributed by atoms with Crippen LogP contribution in [-0.2, 0) is 14.6 Å². The minimum atomic E-state index is -3.57. The molecule has 0 saturated carbocycles. The molecule has 0 spiro atoms. The number of fused-ring (bicyclic) bond motifs is 1. The molecule has 2 aliphatic rings. The van der Waals surface area contributed by atoms with Gasteiger partial charge in [0.2, 0.25) is 5.95 Å². The molecule has 1 saturated heterocycles. The van der Waals surface area contributed by atoms with Crippen LogP contribution in [0.1, 0.15) is 51.7 Å². The van der Waals surface area contributed by atoms with Crippen molar-refractivity contribution in [3.8, 4) is 11.5 Å². The van der Waals surface area contributed by atoms with Crippen molar-refractivity contribution in [2.75, 3.05) is 43.6 Å². The van der Waals surface area contributed by atoms with Crippen LogP contribution in [0.15, 0.2) is 41.4 Å². The van der Waals surface area contributed by atoms with Gasteiger partial charge in [0.25, 0.3) is 0 Å². The van der Waals surface area contributed by atoms with Gasteiger partial charge in [-0.1, -0.05) is 23.7 Å². The number of para-hydroxylation sites is 1. The van der Waals surface area contributed by atoms with Crippen molar-refractivity contribution >= 4 is 50.7 Å². The lowest BCUT2D eigenvalue weighted by atomic mass is 9.87. The number of hydrogen-bond acceptors (Lipinski definition) is 10. The number of carbonyl (C=O) groups is 1. The monoisotopic (exact) mass is 643 g/mol. The standard InChI is InChI=1S/C31H38ClN5O6S/c1-18(2)44(39,40)24-11-9-8-10-22(24)34-28-21(32)15-33-29(35-28)36(7)23-14-19(3)25(27-26(23)41-12-13-42-27)20-16-37(17-20)30(38)43-31(4,5)6/h8-11,14-15,18,20H,12-13,16-17H2,1-7H3,(H,33,34,35). The number of aryl methyl sites for hydroxylation is 1. The normalized spacial score (nSPS) is 15.2. The van der Waals surface area contributed by atoms with Gasteiger partial charge in [0.1, 0.15) is 23.8 Å². The molecule has 236 valence electrons. The Morgan fingerprint density at radius 2 is 1.82 bits per heavy atom. The van der Waals surface area contributed by atoms with Gasteiger partial charge in [0, 0.05) is 31.6 Å². The number of rotatable bonds is 7. The maximum absolute atomic E-state index is 13.0. The number of halogens is 1. The molecule has 0 bridgehead atoms. The molecule has 1 fully saturated rings. The molecule has 3 heterocycles. The summed E-state index contributed by atoms with van der Waals surface area (Å²) in [5, 5.41) is 2.73. The number of carbonyl (C=O) groups excluding carboxylic acids is 1. The summed E-state index contributed by atoms with van der Waals surface area (Å²) in [4.78, 5) is 25.3. The zero-order chi connectivity index (χ0) is 32.0. The molecule has 5 rings (SSSR count). The third-order valence-electron chi connectivity index (χ3n) is 7.44. The number of amides is 1. The molecule has 44 heavy (non-hydrogen) atoms. The van der Waals surface area contributed by atoms with Gasteiger partial charge in [0.05, 0.1) is 27.7 Å². The van der Waals surface area contributed by atoms with Crippen molar-refractivity contribution in [1.82, 2.24) is 14.9 Å². The molecule has 0 radical (unpaired) electrons. The molecule has 1 N–H and O–H groups in total. The molecule has 13 heteroatoms. The van der Waals surface area contributed by atoms with Crippen LogP contribution in [0.2, 0.25) is 5.02 Å². The van der Waals surface area contributed by atoms with Gasteiger partial charge < -0.3 is 29.3 Å². The summed E-state index contributed by atoms with van der Waals surface area (Å²) in [5.41, 5.74) is 2.48. The highest BCUT2D eigenvalue weighted by atomic mass is 35.5. The van der Waals surface area contributed by atoms with Gasteiger partial charge in [0.15, 0.2) is 27.2 Å². The van der Waals surface area contributed by atoms with Gasteiger partial charge in [-0.05, 0) is 65.3 Å². The second-order valence-corrected chi connectivity index (χ2v) is 15.1. The molecular formula is C31H38ClN5O6S. The Bertz CT molecular complexity index is 1690. The van der Waals surface area contributed by atoms with Gasteiger partial charge in [-0.15, -0.1) is 0 Å². The van der Waals surface area contributed by atoms with E-state index in [1.54, 1.807) is 47.9 Å². The Kier molecular flexibility index (Phi) is 8.60. The Balaban J connectivity index is 1.44. The maximum atomic E-state index is 13.0. The number of sulfone groups is 1. The van der Waals surface area contributed by atoms with E-state index in [1.165, 1.54) is 6.20 Å². The Labute approximate surface area is 263 Å². The minimum absolute atomic E-state index is 0.0714. The third kappa shape index (κ3) is 6.23. The average Bonchev–Trinajstić information content (AvgIpc) is 2.93. The lowest BCUT2D eigenvalue weighted by molar-refractivity contribution is 0.00775. The average molecular weight is 644 g/mol. The summed E-state index contributed by atoms with van der Waals surface area (Å²) in [6, 6.07) is 8.64. The summed E-state index contributed by atoms with van der Waals surface area (Å²) in [7, 11) is -1.76. The molecule has 3 aromatic rings. The zero-order valence-corrected chi connectivity index (χ0v) is 27.5. The zero-order valence-electron chi connectivity index (χ0n) is 26.0. The summed E-state index contributed by atoms with van der Waals surface area (Å²) >= 11 is 6.48. The van der Waals surface area contributed by atoms with Gasteiger partial charge in [-0.2, -0.15) is 4.98 Å². The van der Waals surface area contributed by atoms with Gasteiger partial charge in [-0.3, -0.25) is 0 Å². The van der Waals surface area contributed by atoms with Crippen LogP contribution >= 0.6 is 11.6 Å². The highest BCUT2D eigenvalue weighted by molar-refractivity contribution is 7.92. The smallest absolute Gasteiger partial charge is 0.410 e. The van der Waals surface area contributed by atoms with Crippen molar-refractivity contribution in [1.29, 1.82) is 0 Å². The fraction of sp³-hybridized carbons (Fsp3) is 0.452. The molecular weight excluding hydrogens is 606 g/mol. The van der Waals surface area contributed by atoms with E-state index in [9.17, 15) is 13.2 Å². The summed E-state index contributed by atoms with van der Waals surface area (Å²) in [6.45, 7) is 12.6. The van der Waals surface area contributed by atoms with Crippen molar-refractivity contribution < 1.29 is 27.4 Å². The number of nitrogens with one attached hydrogen (secondary N) is 1. The van der Waals surface area contributed by atoms with Crippen LogP contribution in [0, 0.1) is 6.92 Å². The van der Waals surface area contributed by atoms with Crippen molar-refractivity contribution in [3.05, 3.63) is 52.7 Å². The Morgan fingerprint density at radius 1 is 1.16 bits per heavy atom. The first kappa shape index (κ1) is 31.6. The van der Waals surface area contributed by atoms with E-state index in [-0.39, 0.29) is 27.7 Å². The second-order valence-electron chi connectivity index (χ2n) is 12.2. The van der Waals surface area contributed by atoms with E-state index in [4.69, 9.17) is 25.8 Å². The SMILES string of the molecule is Cc1cc(N(C)c2ncc(Cl)c(Nc3ccccc3S(=O)(=O)C(C)C)n2)c2c(c1C1CN(C(=O)OC(C)(C)C)C1)OCCO2. The van der Waals surface area contributed by atoms with E-state index >= 15 is 0 Å². The first-order valence-electron chi connectivity index (χ1n) is 14.4. The van der Waals surface area contributed by atoms with Crippen LogP contribution in [0.25, 0.3) is 0 Å². The first-order valence-corrected chi connectivity index (χ1v) is 16.4. The van der Waals surface area contributed by atoms with Crippen molar-refractivity contribution in [2.24, 2.45) is 0 Å². The van der Waals surface area contributed by atoms with Crippen LogP contribution in [-0.4, -0.2) is 73.6 Å². The van der Waals surface area contributed by atoms with Gasteiger partial charge in [-0.25, -0.2) is 18.2 Å². The fourth-order valence-electron chi connectivity index (χ4n) is 5.14. The van der Waals surface area contributed by atoms with Crippen molar-refractivity contribution in [2.45, 2.75) is 63.2 Å². The van der Waals surface area contributed by atoms with E-state index in [0.717, 1.165) is 11.1 Å². The molecule has 2 aliphatic heterocycles. The van der Waals surface area contributed by atoms with Crippen LogP contribution in [0.5, 0.6) is 11.5 Å². The summed E-state index contributed by atoms with van der Waals surface area (Å²) < 4.78 is 43.8. The molecule has 2 aromatic carbocycles. The highest BCUT2D eigenvalue weighted by Gasteiger charge is 2.39. The second kappa shape index (κ2) is 12.0. The molecule has 1 amide bonds. The minimum Gasteiger partial charge on any atom is -0.486 e. The lowest BCUT2D eigenvalue weighted by Gasteiger charge is -2.41. The Morgan fingerprint density at radius 3 is 2.48 bits per heavy atom. The molecule has 11 nitrogen and oxygen atoms in total. The topological polar surface area (TPSA) is 123 Å². The summed E-state index contributed by atoms with van der Waals surface area (Å²) in [6.07, 6.45) is 1.13. The predicted octanol–water partition coefficient (Wildman–Crippen LogP) is 6.24. The number of likely N-dealkylation sites (tertiary alicyclic amines) is 1. The number of nitrogens with zero attached hydrogens (tertiary/aromatic N) is 4. The van der Waals surface area contributed by atoms with Crippen LogP contribution in [0.4, 0.5) is 27.9 Å². The lowest BCUT2D eigenvalue weighted by Crippen LogP contribution is -2.50. The predicted molar refractivity (Wildman–Crippen MR) is 170 cm³/mol. The fourth-order valence-corrected chi connectivity index (χ4v) is 6.48. The molecule has 0 unspecified atom stereocenters. The molecule has 0 atom stereocenters. The van der Waals surface area contributed by atoms with E-state index < -0.39 is 20.7 Å². The molecule has 1 aromatic heterocycles. The van der Waals surface area contributed by atoms with Crippen molar-refractivity contribution in [3.63, 3.8) is 0 Å². The third-order valence-corrected chi connectivity index (χ3v) is 9.93. The van der Waals surface area contributed by atoms with E-state index in [0.29, 0.717) is 55.1 Å². The maximum Gasteiger partial charge on any atom is 0.410 e. The van der Waals surface area contributed by atoms with E-state index in [1.807, 2.05) is 40.8 Å². The number of aromatic nitrogens is 2. The van der Waals surface area contributed by atoms with Crippen LogP contribution in [0.3, 0.4) is 0 Å². The van der Waals surface area contributed by atoms with Crippen LogP contribution < -0.4 is 19.7 Å². The van der Waals surface area contributed by atoms with Gasteiger partial charge >= 0.3 is 6.09 Å².